The number of esters is 1. The van der Waals surface area contributed by atoms with Crippen molar-refractivity contribution in [1.82, 2.24) is 0 Å². The van der Waals surface area contributed by atoms with E-state index in [0.717, 1.165) is 25.3 Å². The van der Waals surface area contributed by atoms with Crippen LogP contribution in [-0.4, -0.2) is 26.8 Å². The third kappa shape index (κ3) is 3.86. The predicted molar refractivity (Wildman–Crippen MR) is 51.6 cm³/mol. The largest absolute Gasteiger partial charge is 1.00 e. The molecule has 1 atom stereocenters. The summed E-state index contributed by atoms with van der Waals surface area (Å²) in [4.78, 5) is 20.6. The van der Waals surface area contributed by atoms with Crippen LogP contribution in [0.3, 0.4) is 0 Å². The summed E-state index contributed by atoms with van der Waals surface area (Å²) in [6, 6.07) is 2.84. The van der Waals surface area contributed by atoms with Crippen LogP contribution < -0.4 is 29.6 Å². The Morgan fingerprint density at radius 2 is 2.06 bits per heavy atom. The standard InChI is InChI=1S/C8H7NO6S.Na/c1-15-8(10)6-4-5(9(11)12)2-3-7(6)16(13)14;/h2-4H,1H3,(H,13,14);/q;+1/p-1. The molecule has 0 saturated carbocycles. The summed E-state index contributed by atoms with van der Waals surface area (Å²) in [7, 11) is 1.05. The summed E-state index contributed by atoms with van der Waals surface area (Å²) >= 11 is -2.66. The Labute approximate surface area is 121 Å². The van der Waals surface area contributed by atoms with Crippen LogP contribution in [0.5, 0.6) is 0 Å². The van der Waals surface area contributed by atoms with Gasteiger partial charge in [0.2, 0.25) is 0 Å². The van der Waals surface area contributed by atoms with Crippen molar-refractivity contribution in [2.24, 2.45) is 0 Å². The molecule has 7 nitrogen and oxygen atoms in total. The number of nitro groups is 1. The number of hydrogen-bond acceptors (Lipinski definition) is 6. The monoisotopic (exact) mass is 267 g/mol. The van der Waals surface area contributed by atoms with Crippen LogP contribution in [-0.2, 0) is 15.8 Å². The van der Waals surface area contributed by atoms with Gasteiger partial charge in [0, 0.05) is 17.0 Å². The molecule has 0 amide bonds. The minimum absolute atomic E-state index is 0. The van der Waals surface area contributed by atoms with Crippen molar-refractivity contribution < 1.29 is 52.8 Å². The maximum atomic E-state index is 11.2. The van der Waals surface area contributed by atoms with Crippen LogP contribution in [0.1, 0.15) is 10.4 Å². The predicted octanol–water partition coefficient (Wildman–Crippen LogP) is -2.38. The maximum Gasteiger partial charge on any atom is 1.00 e. The zero-order valence-corrected chi connectivity index (χ0v) is 11.9. The van der Waals surface area contributed by atoms with Gasteiger partial charge in [0.05, 0.1) is 17.6 Å². The van der Waals surface area contributed by atoms with Crippen molar-refractivity contribution in [3.63, 3.8) is 0 Å². The van der Waals surface area contributed by atoms with Gasteiger partial charge in [-0.2, -0.15) is 0 Å². The Kier molecular flexibility index (Phi) is 6.50. The first-order chi connectivity index (χ1) is 7.47. The second kappa shape index (κ2) is 6.82. The van der Waals surface area contributed by atoms with Gasteiger partial charge in [-0.25, -0.2) is 4.79 Å². The molecule has 0 N–H and O–H groups in total. The molecule has 0 fully saturated rings. The number of methoxy groups -OCH3 is 1. The number of nitrogens with zero attached hydrogens (tertiary/aromatic N) is 1. The van der Waals surface area contributed by atoms with Gasteiger partial charge in [0.25, 0.3) is 5.69 Å². The molecule has 0 aliphatic rings. The summed E-state index contributed by atoms with van der Waals surface area (Å²) in [5, 5.41) is 10.4. The Morgan fingerprint density at radius 3 is 2.47 bits per heavy atom. The van der Waals surface area contributed by atoms with E-state index in [-0.39, 0.29) is 45.7 Å². The van der Waals surface area contributed by atoms with Crippen LogP contribution in [0, 0.1) is 10.1 Å². The fourth-order valence-electron chi connectivity index (χ4n) is 1.05. The van der Waals surface area contributed by atoms with E-state index in [0.29, 0.717) is 0 Å². The maximum absolute atomic E-state index is 11.2. The molecule has 0 heterocycles. The fourth-order valence-corrected chi connectivity index (χ4v) is 1.55. The zero-order chi connectivity index (χ0) is 12.3. The average Bonchev–Trinajstić information content (AvgIpc) is 2.26. The van der Waals surface area contributed by atoms with Gasteiger partial charge in [-0.1, -0.05) is 0 Å². The molecule has 1 aromatic rings. The van der Waals surface area contributed by atoms with Gasteiger partial charge in [-0.05, 0) is 17.1 Å². The minimum Gasteiger partial charge on any atom is -0.768 e. The van der Waals surface area contributed by atoms with Crippen LogP contribution in [0.2, 0.25) is 0 Å². The van der Waals surface area contributed by atoms with Crippen molar-refractivity contribution in [2.45, 2.75) is 4.90 Å². The Balaban J connectivity index is 0.00000256. The zero-order valence-electron chi connectivity index (χ0n) is 9.04. The minimum atomic E-state index is -2.66. The van der Waals surface area contributed by atoms with E-state index in [1.54, 1.807) is 0 Å². The fraction of sp³-hybridized carbons (Fsp3) is 0.125. The van der Waals surface area contributed by atoms with Gasteiger partial charge in [-0.15, -0.1) is 0 Å². The molecule has 0 aliphatic carbocycles. The summed E-state index contributed by atoms with van der Waals surface area (Å²) in [6.45, 7) is 0. The molecule has 1 unspecified atom stereocenters. The summed E-state index contributed by atoms with van der Waals surface area (Å²) < 4.78 is 25.8. The third-order valence-electron chi connectivity index (χ3n) is 1.76. The number of ether oxygens (including phenoxy) is 1. The summed E-state index contributed by atoms with van der Waals surface area (Å²) in [5.74, 6) is -0.942. The van der Waals surface area contributed by atoms with E-state index >= 15 is 0 Å². The molecule has 0 bridgehead atoms. The van der Waals surface area contributed by atoms with E-state index in [1.165, 1.54) is 0 Å². The Hall–Kier alpha value is -0.800. The van der Waals surface area contributed by atoms with E-state index in [4.69, 9.17) is 0 Å². The first-order valence-corrected chi connectivity index (χ1v) is 5.01. The van der Waals surface area contributed by atoms with Crippen LogP contribution in [0.4, 0.5) is 5.69 Å². The van der Waals surface area contributed by atoms with Crippen molar-refractivity contribution in [3.8, 4) is 0 Å². The molecular formula is C8H6NNaO6S. The van der Waals surface area contributed by atoms with Gasteiger partial charge >= 0.3 is 35.5 Å². The number of carbonyl (C=O) groups excluding carboxylic acids is 1. The molecule has 9 heteroatoms. The molecular weight excluding hydrogens is 261 g/mol. The third-order valence-corrected chi connectivity index (χ3v) is 2.47. The van der Waals surface area contributed by atoms with Crippen molar-refractivity contribution in [2.75, 3.05) is 7.11 Å². The molecule has 1 aromatic carbocycles. The molecule has 0 spiro atoms. The molecule has 0 aliphatic heterocycles. The SMILES string of the molecule is COC(=O)c1cc([N+](=O)[O-])ccc1S(=O)[O-].[Na+]. The molecule has 86 valence electrons. The van der Waals surface area contributed by atoms with Gasteiger partial charge in [0.15, 0.2) is 0 Å². The second-order valence-corrected chi connectivity index (χ2v) is 3.57. The first kappa shape index (κ1) is 16.2. The first-order valence-electron chi connectivity index (χ1n) is 3.93. The number of hydrogen-bond donors (Lipinski definition) is 0. The van der Waals surface area contributed by atoms with Crippen LogP contribution in [0.15, 0.2) is 23.1 Å². The van der Waals surface area contributed by atoms with Gasteiger partial charge in [-0.3, -0.25) is 14.3 Å². The summed E-state index contributed by atoms with van der Waals surface area (Å²) in [6.07, 6.45) is 0. The van der Waals surface area contributed by atoms with Crippen molar-refractivity contribution >= 4 is 22.7 Å². The number of nitro benzene ring substituents is 1. The number of non-ortho nitro benzene ring substituents is 1. The Bertz CT molecular complexity index is 477. The smallest absolute Gasteiger partial charge is 0.768 e. The van der Waals surface area contributed by atoms with Crippen molar-refractivity contribution in [1.29, 1.82) is 0 Å². The van der Waals surface area contributed by atoms with Gasteiger partial charge in [0.1, 0.15) is 0 Å². The van der Waals surface area contributed by atoms with Crippen LogP contribution in [0.25, 0.3) is 0 Å². The molecule has 0 saturated heterocycles. The Morgan fingerprint density at radius 1 is 1.47 bits per heavy atom. The van der Waals surface area contributed by atoms with E-state index < -0.39 is 22.0 Å². The van der Waals surface area contributed by atoms with E-state index in [2.05, 4.69) is 4.74 Å². The average molecular weight is 267 g/mol. The number of rotatable bonds is 3. The van der Waals surface area contributed by atoms with Gasteiger partial charge < -0.3 is 9.29 Å². The topological polar surface area (TPSA) is 110 Å². The number of benzene rings is 1. The second-order valence-electron chi connectivity index (χ2n) is 2.66. The molecule has 17 heavy (non-hydrogen) atoms. The quantitative estimate of drug-likeness (QED) is 0.199. The summed E-state index contributed by atoms with van der Waals surface area (Å²) in [5.41, 5.74) is -0.736. The molecule has 1 rings (SSSR count). The normalized spacial score (nSPS) is 11.2. The van der Waals surface area contributed by atoms with Crippen molar-refractivity contribution in [3.05, 3.63) is 33.9 Å². The number of carbonyl (C=O) groups is 1. The van der Waals surface area contributed by atoms with E-state index in [9.17, 15) is 23.7 Å². The molecule has 0 radical (unpaired) electrons. The van der Waals surface area contributed by atoms with E-state index in [1.807, 2.05) is 0 Å². The molecule has 0 aromatic heterocycles. The van der Waals surface area contributed by atoms with Crippen LogP contribution >= 0.6 is 0 Å².